The summed E-state index contributed by atoms with van der Waals surface area (Å²) in [5, 5.41) is 2.83. The zero-order valence-electron chi connectivity index (χ0n) is 17.3. The second kappa shape index (κ2) is 10.2. The number of amides is 1. The van der Waals surface area contributed by atoms with Crippen LogP contribution in [0.1, 0.15) is 20.8 Å². The van der Waals surface area contributed by atoms with Crippen LogP contribution in [-0.2, 0) is 27.9 Å². The first-order valence-corrected chi connectivity index (χ1v) is 12.3. The monoisotopic (exact) mass is 473 g/mol. The first-order chi connectivity index (χ1) is 15.5. The van der Waals surface area contributed by atoms with E-state index in [0.29, 0.717) is 44.2 Å². The number of thiophene rings is 1. The average molecular weight is 474 g/mol. The molecule has 1 saturated heterocycles. The number of rotatable bonds is 8. The van der Waals surface area contributed by atoms with Gasteiger partial charge in [-0.25, -0.2) is 8.42 Å². The number of benzene rings is 1. The lowest BCUT2D eigenvalue weighted by Gasteiger charge is -2.25. The van der Waals surface area contributed by atoms with E-state index in [1.807, 2.05) is 12.1 Å². The van der Waals surface area contributed by atoms with Crippen LogP contribution in [0.25, 0.3) is 0 Å². The van der Waals surface area contributed by atoms with Gasteiger partial charge in [0, 0.05) is 35.9 Å². The Balaban J connectivity index is 1.30. The van der Waals surface area contributed by atoms with Crippen molar-refractivity contribution in [2.75, 3.05) is 26.3 Å². The summed E-state index contributed by atoms with van der Waals surface area (Å²) >= 11 is 1.17. The predicted molar refractivity (Wildman–Crippen MR) is 120 cm³/mol. The third-order valence-electron chi connectivity index (χ3n) is 4.90. The fourth-order valence-electron chi connectivity index (χ4n) is 3.12. The maximum absolute atomic E-state index is 12.7. The molecule has 0 bridgehead atoms. The Morgan fingerprint density at radius 3 is 2.50 bits per heavy atom. The number of carbonyl (C=O) groups is 1. The van der Waals surface area contributed by atoms with Crippen molar-refractivity contribution < 1.29 is 22.7 Å². The van der Waals surface area contributed by atoms with Gasteiger partial charge in [-0.2, -0.15) is 4.31 Å². The van der Waals surface area contributed by atoms with E-state index < -0.39 is 10.0 Å². The van der Waals surface area contributed by atoms with Gasteiger partial charge in [0.05, 0.1) is 19.8 Å². The van der Waals surface area contributed by atoms with Crippen LogP contribution in [-0.4, -0.2) is 49.9 Å². The molecule has 3 heterocycles. The summed E-state index contributed by atoms with van der Waals surface area (Å²) in [4.78, 5) is 17.2. The standard InChI is InChI=1S/C22H23N3O5S2/c26-22(18-1-3-19(4-2-18)30-16-17-7-9-23-10-8-17)24-15-20-5-6-21(31-20)32(27,28)25-11-13-29-14-12-25/h1-10H,11-16H2,(H,24,26). The Morgan fingerprint density at radius 2 is 1.78 bits per heavy atom. The Morgan fingerprint density at radius 1 is 1.06 bits per heavy atom. The van der Waals surface area contributed by atoms with E-state index in [1.165, 1.54) is 15.6 Å². The van der Waals surface area contributed by atoms with Crippen molar-refractivity contribution in [2.45, 2.75) is 17.4 Å². The fraction of sp³-hybridized carbons (Fsp3) is 0.273. The summed E-state index contributed by atoms with van der Waals surface area (Å²) in [6.07, 6.45) is 3.42. The predicted octanol–water partition coefficient (Wildman–Crippen LogP) is 2.67. The van der Waals surface area contributed by atoms with E-state index in [0.717, 1.165) is 10.4 Å². The van der Waals surface area contributed by atoms with Crippen LogP contribution in [0.2, 0.25) is 0 Å². The van der Waals surface area contributed by atoms with E-state index in [2.05, 4.69) is 10.3 Å². The van der Waals surface area contributed by atoms with Crippen molar-refractivity contribution in [2.24, 2.45) is 0 Å². The second-order valence-corrected chi connectivity index (χ2v) is 10.4. The minimum Gasteiger partial charge on any atom is -0.489 e. The van der Waals surface area contributed by atoms with Gasteiger partial charge in [-0.1, -0.05) is 0 Å². The Labute approximate surface area is 190 Å². The average Bonchev–Trinajstić information content (AvgIpc) is 3.33. The van der Waals surface area contributed by atoms with Crippen molar-refractivity contribution >= 4 is 27.3 Å². The molecule has 1 aliphatic rings. The van der Waals surface area contributed by atoms with E-state index in [9.17, 15) is 13.2 Å². The SMILES string of the molecule is O=C(NCc1ccc(S(=O)(=O)N2CCOCC2)s1)c1ccc(OCc2ccncc2)cc1. The van der Waals surface area contributed by atoms with Crippen LogP contribution in [0.15, 0.2) is 65.1 Å². The highest BCUT2D eigenvalue weighted by molar-refractivity contribution is 7.91. The lowest BCUT2D eigenvalue weighted by atomic mass is 10.2. The summed E-state index contributed by atoms with van der Waals surface area (Å²) in [7, 11) is -3.52. The number of sulfonamides is 1. The molecule has 168 valence electrons. The zero-order chi connectivity index (χ0) is 22.4. The number of hydrogen-bond acceptors (Lipinski definition) is 7. The van der Waals surface area contributed by atoms with Gasteiger partial charge in [0.15, 0.2) is 0 Å². The van der Waals surface area contributed by atoms with Gasteiger partial charge < -0.3 is 14.8 Å². The summed E-state index contributed by atoms with van der Waals surface area (Å²) in [5.41, 5.74) is 1.51. The number of morpholine rings is 1. The zero-order valence-corrected chi connectivity index (χ0v) is 18.9. The first kappa shape index (κ1) is 22.4. The van der Waals surface area contributed by atoms with Crippen LogP contribution in [0.5, 0.6) is 5.75 Å². The number of ether oxygens (including phenoxy) is 2. The highest BCUT2D eigenvalue weighted by Gasteiger charge is 2.27. The molecule has 0 unspecified atom stereocenters. The molecule has 0 aliphatic carbocycles. The lowest BCUT2D eigenvalue weighted by molar-refractivity contribution is 0.0731. The lowest BCUT2D eigenvalue weighted by Crippen LogP contribution is -2.40. The number of pyridine rings is 1. The summed E-state index contributed by atoms with van der Waals surface area (Å²) in [6, 6.07) is 14.0. The summed E-state index contributed by atoms with van der Waals surface area (Å²) < 4.78 is 38.1. The smallest absolute Gasteiger partial charge is 0.252 e. The molecular weight excluding hydrogens is 450 g/mol. The highest BCUT2D eigenvalue weighted by atomic mass is 32.2. The minimum absolute atomic E-state index is 0.239. The molecule has 0 saturated carbocycles. The molecule has 0 spiro atoms. The van der Waals surface area contributed by atoms with Gasteiger partial charge >= 0.3 is 0 Å². The summed E-state index contributed by atoms with van der Waals surface area (Å²) in [5.74, 6) is 0.422. The summed E-state index contributed by atoms with van der Waals surface area (Å²) in [6.45, 7) is 2.19. The van der Waals surface area contributed by atoms with E-state index >= 15 is 0 Å². The number of carbonyl (C=O) groups excluding carboxylic acids is 1. The number of hydrogen-bond donors (Lipinski definition) is 1. The fourth-order valence-corrected chi connectivity index (χ4v) is 5.98. The molecule has 2 aromatic heterocycles. The molecule has 0 radical (unpaired) electrons. The Bertz CT molecular complexity index is 1140. The molecule has 1 aromatic carbocycles. The van der Waals surface area contributed by atoms with Crippen LogP contribution in [0, 0.1) is 0 Å². The van der Waals surface area contributed by atoms with Gasteiger partial charge in [-0.3, -0.25) is 9.78 Å². The van der Waals surface area contributed by atoms with Crippen molar-refractivity contribution in [3.05, 3.63) is 76.9 Å². The van der Waals surface area contributed by atoms with Gasteiger partial charge in [0.25, 0.3) is 15.9 Å². The maximum atomic E-state index is 12.7. The van der Waals surface area contributed by atoms with Crippen molar-refractivity contribution in [1.29, 1.82) is 0 Å². The van der Waals surface area contributed by atoms with Crippen LogP contribution in [0.4, 0.5) is 0 Å². The van der Waals surface area contributed by atoms with E-state index in [1.54, 1.807) is 48.8 Å². The van der Waals surface area contributed by atoms with Gasteiger partial charge in [-0.15, -0.1) is 11.3 Å². The number of aromatic nitrogens is 1. The molecule has 8 nitrogen and oxygen atoms in total. The maximum Gasteiger partial charge on any atom is 0.252 e. The van der Waals surface area contributed by atoms with Gasteiger partial charge in [0.2, 0.25) is 0 Å². The molecular formula is C22H23N3O5S2. The van der Waals surface area contributed by atoms with Crippen molar-refractivity contribution in [3.63, 3.8) is 0 Å². The number of nitrogens with one attached hydrogen (secondary N) is 1. The highest BCUT2D eigenvalue weighted by Crippen LogP contribution is 2.25. The van der Waals surface area contributed by atoms with Crippen LogP contribution >= 0.6 is 11.3 Å². The third kappa shape index (κ3) is 5.52. The first-order valence-electron chi connectivity index (χ1n) is 10.1. The number of nitrogens with zero attached hydrogens (tertiary/aromatic N) is 2. The minimum atomic E-state index is -3.52. The molecule has 1 aliphatic heterocycles. The molecule has 3 aromatic rings. The van der Waals surface area contributed by atoms with Gasteiger partial charge in [0.1, 0.15) is 16.6 Å². The molecule has 1 N–H and O–H groups in total. The normalized spacial score (nSPS) is 14.8. The quantitative estimate of drug-likeness (QED) is 0.540. The van der Waals surface area contributed by atoms with Crippen LogP contribution < -0.4 is 10.1 Å². The molecule has 0 atom stereocenters. The molecule has 10 heteroatoms. The van der Waals surface area contributed by atoms with Crippen molar-refractivity contribution in [1.82, 2.24) is 14.6 Å². The van der Waals surface area contributed by atoms with E-state index in [-0.39, 0.29) is 16.7 Å². The Hall–Kier alpha value is -2.79. The topological polar surface area (TPSA) is 97.8 Å². The molecule has 1 fully saturated rings. The molecule has 1 amide bonds. The van der Waals surface area contributed by atoms with E-state index in [4.69, 9.17) is 9.47 Å². The largest absolute Gasteiger partial charge is 0.489 e. The molecule has 4 rings (SSSR count). The van der Waals surface area contributed by atoms with Crippen molar-refractivity contribution in [3.8, 4) is 5.75 Å². The molecule has 32 heavy (non-hydrogen) atoms. The second-order valence-electron chi connectivity index (χ2n) is 7.09. The Kier molecular flexibility index (Phi) is 7.15. The van der Waals surface area contributed by atoms with Crippen LogP contribution in [0.3, 0.4) is 0 Å². The third-order valence-corrected chi connectivity index (χ3v) is 8.35. The van der Waals surface area contributed by atoms with Gasteiger partial charge in [-0.05, 0) is 54.1 Å².